The van der Waals surface area contributed by atoms with Crippen LogP contribution >= 0.6 is 0 Å². The zero-order valence-corrected chi connectivity index (χ0v) is 14.2. The Morgan fingerprint density at radius 3 is 2.67 bits per heavy atom. The summed E-state index contributed by atoms with van der Waals surface area (Å²) in [6, 6.07) is 9.67. The van der Waals surface area contributed by atoms with Crippen molar-refractivity contribution in [1.29, 1.82) is 0 Å². The van der Waals surface area contributed by atoms with Crippen LogP contribution in [0.2, 0.25) is 0 Å². The van der Waals surface area contributed by atoms with Gasteiger partial charge in [0.1, 0.15) is 17.3 Å². The maximum Gasteiger partial charge on any atom is 0.279 e. The fourth-order valence-corrected chi connectivity index (χ4v) is 2.28. The van der Waals surface area contributed by atoms with Crippen molar-refractivity contribution in [3.05, 3.63) is 53.8 Å². The van der Waals surface area contributed by atoms with Gasteiger partial charge in [-0.25, -0.2) is 4.39 Å². The van der Waals surface area contributed by atoms with Crippen molar-refractivity contribution >= 4 is 23.4 Å². The number of nitrogens with one attached hydrogen (secondary N) is 3. The minimum absolute atomic E-state index is 0.132. The second-order valence-corrected chi connectivity index (χ2v) is 5.71. The van der Waals surface area contributed by atoms with Gasteiger partial charge in [0.05, 0.1) is 5.69 Å². The molecule has 1 heterocycles. The van der Waals surface area contributed by atoms with Gasteiger partial charge in [0.25, 0.3) is 17.7 Å². The fraction of sp³-hybridized carbons (Fsp3) is 0.167. The molecule has 1 atom stereocenters. The van der Waals surface area contributed by atoms with E-state index in [-0.39, 0.29) is 18.1 Å². The molecule has 140 valence electrons. The number of anilines is 1. The maximum absolute atomic E-state index is 12.9. The number of rotatable bonds is 4. The SMILES string of the molecule is C[C@H](Oc1ccc(F)cc1)C(=O)NNC(=O)c1ccc2c(c1)OCC(=O)N2. The van der Waals surface area contributed by atoms with Crippen molar-refractivity contribution in [2.45, 2.75) is 13.0 Å². The van der Waals surface area contributed by atoms with Gasteiger partial charge >= 0.3 is 0 Å². The molecule has 3 N–H and O–H groups in total. The van der Waals surface area contributed by atoms with E-state index in [1.807, 2.05) is 0 Å². The highest BCUT2D eigenvalue weighted by atomic mass is 19.1. The van der Waals surface area contributed by atoms with Gasteiger partial charge in [0, 0.05) is 5.56 Å². The van der Waals surface area contributed by atoms with Crippen LogP contribution in [0.3, 0.4) is 0 Å². The summed E-state index contributed by atoms with van der Waals surface area (Å²) in [6.07, 6.45) is -0.919. The van der Waals surface area contributed by atoms with Crippen molar-refractivity contribution in [3.8, 4) is 11.5 Å². The van der Waals surface area contributed by atoms with E-state index in [1.165, 1.54) is 49.4 Å². The van der Waals surface area contributed by atoms with Crippen LogP contribution in [0, 0.1) is 5.82 Å². The first-order valence-corrected chi connectivity index (χ1v) is 8.01. The van der Waals surface area contributed by atoms with E-state index < -0.39 is 23.7 Å². The van der Waals surface area contributed by atoms with Gasteiger partial charge in [-0.2, -0.15) is 0 Å². The second-order valence-electron chi connectivity index (χ2n) is 5.71. The summed E-state index contributed by atoms with van der Waals surface area (Å²) in [5.74, 6) is -1.17. The van der Waals surface area contributed by atoms with Crippen molar-refractivity contribution < 1.29 is 28.2 Å². The molecule has 0 radical (unpaired) electrons. The zero-order valence-electron chi connectivity index (χ0n) is 14.2. The van der Waals surface area contributed by atoms with Crippen LogP contribution in [0.25, 0.3) is 0 Å². The van der Waals surface area contributed by atoms with Crippen LogP contribution in [0.5, 0.6) is 11.5 Å². The largest absolute Gasteiger partial charge is 0.482 e. The molecular weight excluding hydrogens is 357 g/mol. The molecule has 3 amide bonds. The Bertz CT molecular complexity index is 885. The molecule has 0 fully saturated rings. The summed E-state index contributed by atoms with van der Waals surface area (Å²) < 4.78 is 23.5. The Morgan fingerprint density at radius 1 is 1.19 bits per heavy atom. The summed E-state index contributed by atoms with van der Waals surface area (Å²) in [5, 5.41) is 2.61. The molecule has 0 saturated heterocycles. The molecule has 27 heavy (non-hydrogen) atoms. The summed E-state index contributed by atoms with van der Waals surface area (Å²) in [6.45, 7) is 1.35. The molecule has 0 bridgehead atoms. The van der Waals surface area contributed by atoms with Crippen molar-refractivity contribution in [3.63, 3.8) is 0 Å². The van der Waals surface area contributed by atoms with E-state index in [4.69, 9.17) is 9.47 Å². The number of hydrogen-bond donors (Lipinski definition) is 3. The van der Waals surface area contributed by atoms with Crippen LogP contribution in [0.1, 0.15) is 17.3 Å². The first-order valence-electron chi connectivity index (χ1n) is 8.01. The second kappa shape index (κ2) is 7.73. The van der Waals surface area contributed by atoms with Crippen LogP contribution in [-0.4, -0.2) is 30.4 Å². The van der Waals surface area contributed by atoms with Crippen LogP contribution < -0.4 is 25.6 Å². The number of amides is 3. The Kier molecular flexibility index (Phi) is 5.20. The third-order valence-electron chi connectivity index (χ3n) is 3.67. The number of ether oxygens (including phenoxy) is 2. The standard InChI is InChI=1S/C18H16FN3O5/c1-10(27-13-5-3-12(19)4-6-13)17(24)21-22-18(25)11-2-7-14-15(8-11)26-9-16(23)20-14/h2-8,10H,9H2,1H3,(H,20,23)(H,21,24)(H,22,25)/t10-/m0/s1. The van der Waals surface area contributed by atoms with Gasteiger partial charge in [-0.15, -0.1) is 0 Å². The quantitative estimate of drug-likeness (QED) is 0.703. The number of carbonyl (C=O) groups is 3. The molecule has 8 nitrogen and oxygen atoms in total. The fourth-order valence-electron chi connectivity index (χ4n) is 2.28. The number of fused-ring (bicyclic) bond motifs is 1. The number of halogens is 1. The molecule has 0 aromatic heterocycles. The molecule has 1 aliphatic rings. The van der Waals surface area contributed by atoms with Gasteiger partial charge in [-0.3, -0.25) is 25.2 Å². The smallest absolute Gasteiger partial charge is 0.279 e. The maximum atomic E-state index is 12.9. The monoisotopic (exact) mass is 373 g/mol. The summed E-state index contributed by atoms with van der Waals surface area (Å²) in [5.41, 5.74) is 5.22. The van der Waals surface area contributed by atoms with Crippen LogP contribution in [0.15, 0.2) is 42.5 Å². The predicted molar refractivity (Wildman–Crippen MR) is 92.7 cm³/mol. The normalized spacial score (nSPS) is 13.5. The molecule has 9 heteroatoms. The van der Waals surface area contributed by atoms with Gasteiger partial charge < -0.3 is 14.8 Å². The summed E-state index contributed by atoms with van der Waals surface area (Å²) in [7, 11) is 0. The van der Waals surface area contributed by atoms with Crippen LogP contribution in [-0.2, 0) is 9.59 Å². The molecule has 2 aromatic carbocycles. The summed E-state index contributed by atoms with van der Waals surface area (Å²) >= 11 is 0. The van der Waals surface area contributed by atoms with Crippen molar-refractivity contribution in [1.82, 2.24) is 10.9 Å². The molecule has 0 spiro atoms. The lowest BCUT2D eigenvalue weighted by Gasteiger charge is -2.18. The van der Waals surface area contributed by atoms with E-state index in [9.17, 15) is 18.8 Å². The lowest BCUT2D eigenvalue weighted by Crippen LogP contribution is -2.47. The van der Waals surface area contributed by atoms with E-state index in [0.717, 1.165) is 0 Å². The number of carbonyl (C=O) groups excluding carboxylic acids is 3. The Morgan fingerprint density at radius 2 is 1.93 bits per heavy atom. The predicted octanol–water partition coefficient (Wildman–Crippen LogP) is 1.39. The Hall–Kier alpha value is -3.62. The topological polar surface area (TPSA) is 106 Å². The van der Waals surface area contributed by atoms with Gasteiger partial charge in [0.2, 0.25) is 0 Å². The first-order chi connectivity index (χ1) is 12.9. The molecule has 1 aliphatic heterocycles. The van der Waals surface area contributed by atoms with E-state index in [2.05, 4.69) is 16.2 Å². The first kappa shape index (κ1) is 18.2. The van der Waals surface area contributed by atoms with Crippen LogP contribution in [0.4, 0.5) is 10.1 Å². The van der Waals surface area contributed by atoms with E-state index in [0.29, 0.717) is 17.2 Å². The van der Waals surface area contributed by atoms with E-state index >= 15 is 0 Å². The average molecular weight is 373 g/mol. The lowest BCUT2D eigenvalue weighted by molar-refractivity contribution is -0.128. The van der Waals surface area contributed by atoms with E-state index in [1.54, 1.807) is 0 Å². The zero-order chi connectivity index (χ0) is 19.4. The number of hydrazine groups is 1. The third-order valence-corrected chi connectivity index (χ3v) is 3.67. The lowest BCUT2D eigenvalue weighted by atomic mass is 10.1. The molecule has 0 saturated carbocycles. The molecule has 0 unspecified atom stereocenters. The Balaban J connectivity index is 1.54. The average Bonchev–Trinajstić information content (AvgIpc) is 2.67. The number of benzene rings is 2. The van der Waals surface area contributed by atoms with Gasteiger partial charge in [-0.05, 0) is 49.4 Å². The minimum Gasteiger partial charge on any atom is -0.482 e. The summed E-state index contributed by atoms with van der Waals surface area (Å²) in [4.78, 5) is 35.4. The highest BCUT2D eigenvalue weighted by Gasteiger charge is 2.19. The molecular formula is C18H16FN3O5. The van der Waals surface area contributed by atoms with Gasteiger partial charge in [-0.1, -0.05) is 0 Å². The van der Waals surface area contributed by atoms with Crippen molar-refractivity contribution in [2.75, 3.05) is 11.9 Å². The molecule has 2 aromatic rings. The highest BCUT2D eigenvalue weighted by Crippen LogP contribution is 2.28. The third kappa shape index (κ3) is 4.51. The molecule has 0 aliphatic carbocycles. The van der Waals surface area contributed by atoms with Crippen molar-refractivity contribution in [2.24, 2.45) is 0 Å². The number of hydrogen-bond acceptors (Lipinski definition) is 5. The van der Waals surface area contributed by atoms with Gasteiger partial charge in [0.15, 0.2) is 12.7 Å². The minimum atomic E-state index is -0.919. The Labute approximate surface area is 153 Å². The highest BCUT2D eigenvalue weighted by molar-refractivity contribution is 5.99. The molecule has 3 rings (SSSR count).